The summed E-state index contributed by atoms with van der Waals surface area (Å²) in [5, 5.41) is 2.11. The molecule has 49 heavy (non-hydrogen) atoms. The van der Waals surface area contributed by atoms with Gasteiger partial charge in [0.2, 0.25) is 5.95 Å². The van der Waals surface area contributed by atoms with Gasteiger partial charge in [0.15, 0.2) is 0 Å². The number of aromatic nitrogens is 5. The molecule has 0 bridgehead atoms. The summed E-state index contributed by atoms with van der Waals surface area (Å²) in [6.07, 6.45) is 7.41. The van der Waals surface area contributed by atoms with Crippen LogP contribution in [0.25, 0.3) is 50.3 Å². The second kappa shape index (κ2) is 12.4. The van der Waals surface area contributed by atoms with E-state index in [0.29, 0.717) is 17.4 Å². The van der Waals surface area contributed by atoms with Crippen molar-refractivity contribution in [2.45, 2.75) is 26.2 Å². The number of ether oxygens (including phenoxy) is 2. The first kappa shape index (κ1) is 30.0. The van der Waals surface area contributed by atoms with Gasteiger partial charge in [0.25, 0.3) is 0 Å². The van der Waals surface area contributed by atoms with Crippen LogP contribution in [0.2, 0.25) is 0 Å². The highest BCUT2D eigenvalue weighted by Gasteiger charge is 2.19. The van der Waals surface area contributed by atoms with Crippen molar-refractivity contribution in [3.63, 3.8) is 0 Å². The fourth-order valence-electron chi connectivity index (χ4n) is 5.92. The second-order valence-electron chi connectivity index (χ2n) is 12.9. The van der Waals surface area contributed by atoms with E-state index in [-0.39, 0.29) is 5.41 Å². The third-order valence-corrected chi connectivity index (χ3v) is 8.48. The molecule has 0 unspecified atom stereocenters. The molecule has 4 aromatic heterocycles. The highest BCUT2D eigenvalue weighted by Crippen LogP contribution is 2.38. The van der Waals surface area contributed by atoms with Crippen LogP contribution in [-0.4, -0.2) is 24.5 Å². The van der Waals surface area contributed by atoms with Gasteiger partial charge in [-0.2, -0.15) is 0 Å². The van der Waals surface area contributed by atoms with E-state index >= 15 is 0 Å². The van der Waals surface area contributed by atoms with Crippen LogP contribution in [0.1, 0.15) is 26.3 Å². The summed E-state index contributed by atoms with van der Waals surface area (Å²) in [5.41, 5.74) is 6.58. The van der Waals surface area contributed by atoms with Crippen LogP contribution in [0.3, 0.4) is 0 Å². The third-order valence-electron chi connectivity index (χ3n) is 8.48. The van der Waals surface area contributed by atoms with E-state index in [9.17, 15) is 0 Å². The molecule has 238 valence electrons. The molecule has 0 saturated heterocycles. The van der Waals surface area contributed by atoms with Crippen LogP contribution < -0.4 is 9.47 Å². The zero-order valence-electron chi connectivity index (χ0n) is 27.4. The predicted octanol–water partition coefficient (Wildman–Crippen LogP) is 10.6. The Morgan fingerprint density at radius 1 is 0.490 bits per heavy atom. The first-order chi connectivity index (χ1) is 23.9. The SMILES string of the molecule is CC(C)(C)c1cnc(-n2c3cc(Oc4cccc(-c5ccccn5)c4)ccc3c3ccc(Oc4cccc(-c5ccccn5)c4)cc32)nc1. The molecule has 0 amide bonds. The zero-order chi connectivity index (χ0) is 33.4. The molecule has 8 rings (SSSR count). The van der Waals surface area contributed by atoms with Crippen molar-refractivity contribution in [2.24, 2.45) is 0 Å². The Balaban J connectivity index is 1.21. The predicted molar refractivity (Wildman–Crippen MR) is 195 cm³/mol. The maximum Gasteiger partial charge on any atom is 0.234 e. The van der Waals surface area contributed by atoms with Gasteiger partial charge in [-0.15, -0.1) is 0 Å². The summed E-state index contributed by atoms with van der Waals surface area (Å²) in [6, 6.07) is 40.0. The van der Waals surface area contributed by atoms with Crippen molar-refractivity contribution in [3.8, 4) is 51.5 Å². The first-order valence-corrected chi connectivity index (χ1v) is 16.2. The zero-order valence-corrected chi connectivity index (χ0v) is 27.4. The number of rotatable bonds is 7. The summed E-state index contributed by atoms with van der Waals surface area (Å²) in [7, 11) is 0. The van der Waals surface area contributed by atoms with Crippen molar-refractivity contribution in [3.05, 3.63) is 152 Å². The minimum absolute atomic E-state index is 0.0744. The molecule has 0 N–H and O–H groups in total. The van der Waals surface area contributed by atoms with Gasteiger partial charge in [-0.3, -0.25) is 14.5 Å². The quantitative estimate of drug-likeness (QED) is 0.173. The van der Waals surface area contributed by atoms with Crippen molar-refractivity contribution in [1.29, 1.82) is 0 Å². The molecule has 4 heterocycles. The molecular weight excluding hydrogens is 606 g/mol. The second-order valence-corrected chi connectivity index (χ2v) is 12.9. The Bertz CT molecular complexity index is 2270. The molecule has 0 fully saturated rings. The Hall–Kier alpha value is -6.34. The molecule has 0 atom stereocenters. The minimum atomic E-state index is -0.0744. The molecule has 0 saturated carbocycles. The summed E-state index contributed by atoms with van der Waals surface area (Å²) in [6.45, 7) is 6.47. The third kappa shape index (κ3) is 6.10. The minimum Gasteiger partial charge on any atom is -0.457 e. The van der Waals surface area contributed by atoms with Gasteiger partial charge in [0, 0.05) is 58.8 Å². The smallest absolute Gasteiger partial charge is 0.234 e. The summed E-state index contributed by atoms with van der Waals surface area (Å²) < 4.78 is 15.0. The molecule has 0 aliphatic rings. The van der Waals surface area contributed by atoms with Crippen LogP contribution in [0.5, 0.6) is 23.0 Å². The van der Waals surface area contributed by atoms with E-state index in [4.69, 9.17) is 19.4 Å². The lowest BCUT2D eigenvalue weighted by Gasteiger charge is -2.18. The normalized spacial score (nSPS) is 11.6. The lowest BCUT2D eigenvalue weighted by molar-refractivity contribution is 0.483. The van der Waals surface area contributed by atoms with Crippen LogP contribution >= 0.6 is 0 Å². The molecule has 0 spiro atoms. The highest BCUT2D eigenvalue weighted by molar-refractivity contribution is 6.09. The Morgan fingerprint density at radius 3 is 1.43 bits per heavy atom. The number of nitrogens with zero attached hydrogens (tertiary/aromatic N) is 5. The van der Waals surface area contributed by atoms with Gasteiger partial charge < -0.3 is 9.47 Å². The largest absolute Gasteiger partial charge is 0.457 e. The van der Waals surface area contributed by atoms with Crippen molar-refractivity contribution in [1.82, 2.24) is 24.5 Å². The van der Waals surface area contributed by atoms with E-state index in [1.807, 2.05) is 122 Å². The van der Waals surface area contributed by atoms with Gasteiger partial charge in [-0.25, -0.2) is 9.97 Å². The highest BCUT2D eigenvalue weighted by atomic mass is 16.5. The van der Waals surface area contributed by atoms with Crippen LogP contribution in [-0.2, 0) is 5.41 Å². The molecular formula is C42H33N5O2. The van der Waals surface area contributed by atoms with Crippen LogP contribution in [0.15, 0.2) is 146 Å². The summed E-state index contributed by atoms with van der Waals surface area (Å²) in [4.78, 5) is 18.7. The lowest BCUT2D eigenvalue weighted by Crippen LogP contribution is -2.13. The molecule has 0 aliphatic carbocycles. The molecule has 7 heteroatoms. The van der Waals surface area contributed by atoms with Gasteiger partial charge >= 0.3 is 0 Å². The number of hydrogen-bond acceptors (Lipinski definition) is 6. The maximum absolute atomic E-state index is 6.44. The van der Waals surface area contributed by atoms with E-state index in [2.05, 4.69) is 47.4 Å². The topological polar surface area (TPSA) is 75.0 Å². The fourth-order valence-corrected chi connectivity index (χ4v) is 5.92. The standard InChI is InChI=1S/C42H33N5O2/c1-42(2,3)30-26-45-41(46-27-30)47-39-24-33(48-31-12-8-10-28(22-31)37-14-4-6-20-43-37)16-18-35(39)36-19-17-34(25-40(36)47)49-32-13-9-11-29(23-32)38-15-5-7-21-44-38/h4-27H,1-3H3. The summed E-state index contributed by atoms with van der Waals surface area (Å²) in [5.74, 6) is 3.41. The fraction of sp³-hybridized carbons (Fsp3) is 0.0952. The molecule has 8 aromatic rings. The number of hydrogen-bond donors (Lipinski definition) is 0. The van der Waals surface area contributed by atoms with Crippen LogP contribution in [0, 0.1) is 0 Å². The van der Waals surface area contributed by atoms with Gasteiger partial charge in [-0.1, -0.05) is 57.2 Å². The van der Waals surface area contributed by atoms with Gasteiger partial charge in [-0.05, 0) is 83.8 Å². The summed E-state index contributed by atoms with van der Waals surface area (Å²) >= 11 is 0. The molecule has 0 aliphatic heterocycles. The van der Waals surface area contributed by atoms with E-state index < -0.39 is 0 Å². The average Bonchev–Trinajstić information content (AvgIpc) is 3.45. The van der Waals surface area contributed by atoms with E-state index in [1.54, 1.807) is 12.4 Å². The Morgan fingerprint density at radius 2 is 0.980 bits per heavy atom. The maximum atomic E-state index is 6.44. The first-order valence-electron chi connectivity index (χ1n) is 16.2. The Labute approximate surface area is 284 Å². The molecule has 4 aromatic carbocycles. The lowest BCUT2D eigenvalue weighted by atomic mass is 9.89. The van der Waals surface area contributed by atoms with Gasteiger partial charge in [0.05, 0.1) is 22.4 Å². The Kier molecular flexibility index (Phi) is 7.57. The van der Waals surface area contributed by atoms with Crippen LogP contribution in [0.4, 0.5) is 0 Å². The van der Waals surface area contributed by atoms with Crippen molar-refractivity contribution < 1.29 is 9.47 Å². The van der Waals surface area contributed by atoms with Crippen molar-refractivity contribution >= 4 is 21.8 Å². The number of benzene rings is 4. The monoisotopic (exact) mass is 639 g/mol. The van der Waals surface area contributed by atoms with E-state index in [0.717, 1.165) is 61.4 Å². The molecule has 0 radical (unpaired) electrons. The average molecular weight is 640 g/mol. The molecule has 7 nitrogen and oxygen atoms in total. The van der Waals surface area contributed by atoms with E-state index in [1.165, 1.54) is 0 Å². The number of pyridine rings is 2. The number of fused-ring (bicyclic) bond motifs is 3. The van der Waals surface area contributed by atoms with Crippen molar-refractivity contribution in [2.75, 3.05) is 0 Å². The van der Waals surface area contributed by atoms with Gasteiger partial charge in [0.1, 0.15) is 23.0 Å².